The van der Waals surface area contributed by atoms with E-state index in [0.717, 1.165) is 6.42 Å². The van der Waals surface area contributed by atoms with Crippen molar-refractivity contribution in [1.82, 2.24) is 0 Å². The Hall–Kier alpha value is -1.86. The van der Waals surface area contributed by atoms with Crippen molar-refractivity contribution in [3.05, 3.63) is 23.8 Å². The number of halogens is 1. The minimum absolute atomic E-state index is 0.0769. The zero-order chi connectivity index (χ0) is 25.1. The molecule has 0 aromatic rings. The first-order valence-corrected chi connectivity index (χ1v) is 12.6. The normalized spacial score (nSPS) is 45.1. The molecule has 3 fully saturated rings. The third-order valence-corrected chi connectivity index (χ3v) is 9.75. The Bertz CT molecular complexity index is 957. The van der Waals surface area contributed by atoms with Crippen molar-refractivity contribution < 1.29 is 33.7 Å². The van der Waals surface area contributed by atoms with Gasteiger partial charge in [-0.1, -0.05) is 38.8 Å². The van der Waals surface area contributed by atoms with Gasteiger partial charge in [0.1, 0.15) is 6.61 Å². The molecule has 0 amide bonds. The first-order valence-electron chi connectivity index (χ1n) is 12.6. The molecule has 0 aromatic carbocycles. The fraction of sp³-hybridized carbons (Fsp3) is 0.741. The zero-order valence-corrected chi connectivity index (χ0v) is 20.6. The standard InChI is InChI=1S/C27H37FO6/c1-5-6-7-23(33)34-27(22(32)15-29)16(2)12-20-19-9-8-17-13-18(30)10-11-24(17,3)26(19,28)21(31)14-25(20,27)4/h10-11,13,16,19-21,29,31H,5-9,12,14-15H2,1-4H3/t16-,19?,20?,21?,24-,25-,26-,27-/m0/s1. The van der Waals surface area contributed by atoms with Crippen LogP contribution in [0.15, 0.2) is 23.8 Å². The number of hydrogen-bond donors (Lipinski definition) is 2. The summed E-state index contributed by atoms with van der Waals surface area (Å²) in [6, 6.07) is 0. The minimum atomic E-state index is -2.03. The van der Waals surface area contributed by atoms with Crippen molar-refractivity contribution in [2.24, 2.45) is 28.6 Å². The summed E-state index contributed by atoms with van der Waals surface area (Å²) in [4.78, 5) is 38.1. The van der Waals surface area contributed by atoms with Crippen LogP contribution in [0.2, 0.25) is 0 Å². The predicted molar refractivity (Wildman–Crippen MR) is 123 cm³/mol. The molecule has 7 heteroatoms. The third-order valence-electron chi connectivity index (χ3n) is 9.75. The largest absolute Gasteiger partial charge is 0.450 e. The lowest BCUT2D eigenvalue weighted by atomic mass is 9.44. The van der Waals surface area contributed by atoms with Crippen LogP contribution < -0.4 is 0 Å². The first kappa shape index (κ1) is 25.2. The molecule has 0 aliphatic heterocycles. The minimum Gasteiger partial charge on any atom is -0.450 e. The van der Waals surface area contributed by atoms with Gasteiger partial charge in [0.05, 0.1) is 6.10 Å². The quantitative estimate of drug-likeness (QED) is 0.568. The van der Waals surface area contributed by atoms with Gasteiger partial charge < -0.3 is 14.9 Å². The maximum Gasteiger partial charge on any atom is 0.306 e. The van der Waals surface area contributed by atoms with E-state index in [2.05, 4.69) is 0 Å². The van der Waals surface area contributed by atoms with Crippen molar-refractivity contribution in [2.75, 3.05) is 6.61 Å². The van der Waals surface area contributed by atoms with Crippen LogP contribution in [0, 0.1) is 28.6 Å². The van der Waals surface area contributed by atoms with Gasteiger partial charge in [0, 0.05) is 29.1 Å². The summed E-state index contributed by atoms with van der Waals surface area (Å²) in [7, 11) is 0. The number of ketones is 2. The van der Waals surface area contributed by atoms with Crippen LogP contribution in [0.25, 0.3) is 0 Å². The molecule has 2 N–H and O–H groups in total. The second-order valence-electron chi connectivity index (χ2n) is 11.3. The summed E-state index contributed by atoms with van der Waals surface area (Å²) < 4.78 is 23.3. The Kier molecular flexibility index (Phi) is 6.21. The first-order chi connectivity index (χ1) is 15.9. The lowest BCUT2D eigenvalue weighted by Gasteiger charge is -2.62. The molecule has 0 aromatic heterocycles. The molecule has 0 radical (unpaired) electrons. The van der Waals surface area contributed by atoms with Crippen LogP contribution >= 0.6 is 0 Å². The number of carbonyl (C=O) groups is 3. The Labute approximate surface area is 200 Å². The van der Waals surface area contributed by atoms with E-state index in [9.17, 15) is 24.6 Å². The number of esters is 1. The predicted octanol–water partition coefficient (Wildman–Crippen LogP) is 3.64. The van der Waals surface area contributed by atoms with Gasteiger partial charge in [-0.15, -0.1) is 0 Å². The van der Waals surface area contributed by atoms with E-state index >= 15 is 4.39 Å². The molecule has 0 bridgehead atoms. The van der Waals surface area contributed by atoms with Gasteiger partial charge in [-0.3, -0.25) is 14.4 Å². The molecule has 4 rings (SSSR count). The van der Waals surface area contributed by atoms with Crippen LogP contribution in [0.1, 0.15) is 72.6 Å². The molecule has 4 aliphatic carbocycles. The highest BCUT2D eigenvalue weighted by molar-refractivity contribution is 6.01. The number of Topliss-reactive ketones (excluding diaryl/α,β-unsaturated/α-hetero) is 1. The van der Waals surface area contributed by atoms with Crippen molar-refractivity contribution in [2.45, 2.75) is 90.0 Å². The monoisotopic (exact) mass is 476 g/mol. The number of allylic oxidation sites excluding steroid dienone is 4. The van der Waals surface area contributed by atoms with Crippen molar-refractivity contribution in [3.8, 4) is 0 Å². The summed E-state index contributed by atoms with van der Waals surface area (Å²) in [5.74, 6) is -2.62. The number of unbranched alkanes of at least 4 members (excludes halogenated alkanes) is 1. The van der Waals surface area contributed by atoms with Crippen molar-refractivity contribution in [1.29, 1.82) is 0 Å². The number of fused-ring (bicyclic) bond motifs is 5. The number of aliphatic hydroxyl groups is 2. The van der Waals surface area contributed by atoms with Crippen LogP contribution in [0.3, 0.4) is 0 Å². The number of alkyl halides is 1. The van der Waals surface area contributed by atoms with Crippen LogP contribution in [0.4, 0.5) is 4.39 Å². The molecule has 6 nitrogen and oxygen atoms in total. The maximum atomic E-state index is 17.3. The van der Waals surface area contributed by atoms with Crippen LogP contribution in [0.5, 0.6) is 0 Å². The lowest BCUT2D eigenvalue weighted by Crippen LogP contribution is -2.70. The number of carbonyl (C=O) groups excluding carboxylic acids is 3. The van der Waals surface area contributed by atoms with Gasteiger partial charge in [-0.2, -0.15) is 0 Å². The number of aliphatic hydroxyl groups excluding tert-OH is 2. The summed E-state index contributed by atoms with van der Waals surface area (Å²) in [5.41, 5.74) is -5.11. The maximum absolute atomic E-state index is 17.3. The smallest absolute Gasteiger partial charge is 0.306 e. The Morgan fingerprint density at radius 1 is 1.26 bits per heavy atom. The van der Waals surface area contributed by atoms with E-state index in [1.807, 2.05) is 20.8 Å². The van der Waals surface area contributed by atoms with Gasteiger partial charge >= 0.3 is 5.97 Å². The average Bonchev–Trinajstić information content (AvgIpc) is 3.00. The van der Waals surface area contributed by atoms with E-state index in [0.29, 0.717) is 31.3 Å². The topological polar surface area (TPSA) is 101 Å². The highest BCUT2D eigenvalue weighted by Gasteiger charge is 2.77. The number of rotatable bonds is 6. The highest BCUT2D eigenvalue weighted by Crippen LogP contribution is 2.71. The molecule has 8 atom stereocenters. The highest BCUT2D eigenvalue weighted by atomic mass is 19.1. The molecule has 0 heterocycles. The summed E-state index contributed by atoms with van der Waals surface area (Å²) in [6.45, 7) is 6.55. The van der Waals surface area contributed by atoms with E-state index in [1.165, 1.54) is 12.2 Å². The van der Waals surface area contributed by atoms with E-state index in [-0.39, 0.29) is 24.5 Å². The molecule has 0 spiro atoms. The number of hydrogen-bond acceptors (Lipinski definition) is 6. The molecule has 34 heavy (non-hydrogen) atoms. The third kappa shape index (κ3) is 3.08. The molecular weight excluding hydrogens is 439 g/mol. The molecule has 3 unspecified atom stereocenters. The second-order valence-corrected chi connectivity index (χ2v) is 11.3. The Morgan fingerprint density at radius 3 is 2.62 bits per heavy atom. The van der Waals surface area contributed by atoms with Gasteiger partial charge in [-0.25, -0.2) is 4.39 Å². The molecule has 0 saturated heterocycles. The van der Waals surface area contributed by atoms with Gasteiger partial charge in [0.25, 0.3) is 0 Å². The van der Waals surface area contributed by atoms with Gasteiger partial charge in [-0.05, 0) is 57.1 Å². The van der Waals surface area contributed by atoms with Crippen molar-refractivity contribution in [3.63, 3.8) is 0 Å². The molecule has 3 saturated carbocycles. The fourth-order valence-electron chi connectivity index (χ4n) is 8.07. The summed E-state index contributed by atoms with van der Waals surface area (Å²) in [6.07, 6.45) is 5.92. The number of ether oxygens (including phenoxy) is 1. The van der Waals surface area contributed by atoms with Crippen LogP contribution in [-0.2, 0) is 19.1 Å². The van der Waals surface area contributed by atoms with Crippen LogP contribution in [-0.4, -0.2) is 51.7 Å². The molecule has 188 valence electrons. The Balaban J connectivity index is 1.80. The van der Waals surface area contributed by atoms with E-state index in [1.54, 1.807) is 13.0 Å². The van der Waals surface area contributed by atoms with Gasteiger partial charge in [0.2, 0.25) is 5.78 Å². The fourth-order valence-corrected chi connectivity index (χ4v) is 8.07. The van der Waals surface area contributed by atoms with E-state index < -0.39 is 58.4 Å². The average molecular weight is 477 g/mol. The molecular formula is C27H37FO6. The van der Waals surface area contributed by atoms with Crippen molar-refractivity contribution >= 4 is 17.5 Å². The SMILES string of the molecule is CCCCC(=O)O[C@]1(C(=O)CO)[C@@H](C)CC2C3CCC4=CC(=O)C=C[C@]4(C)[C@@]3(F)C(O)C[C@@]21C. The summed E-state index contributed by atoms with van der Waals surface area (Å²) in [5, 5.41) is 21.4. The summed E-state index contributed by atoms with van der Waals surface area (Å²) >= 11 is 0. The van der Waals surface area contributed by atoms with Gasteiger partial charge in [0.15, 0.2) is 17.1 Å². The lowest BCUT2D eigenvalue weighted by molar-refractivity contribution is -0.228. The zero-order valence-electron chi connectivity index (χ0n) is 20.6. The van der Waals surface area contributed by atoms with E-state index in [4.69, 9.17) is 4.74 Å². The second kappa shape index (κ2) is 8.37. The molecule has 4 aliphatic rings. The Morgan fingerprint density at radius 2 is 1.97 bits per heavy atom.